The van der Waals surface area contributed by atoms with E-state index in [0.717, 1.165) is 69.6 Å². The number of ether oxygens (including phenoxy) is 1. The van der Waals surface area contributed by atoms with Crippen LogP contribution >= 0.6 is 0 Å². The summed E-state index contributed by atoms with van der Waals surface area (Å²) in [6.45, 7) is 5.92. The number of aryl methyl sites for hydroxylation is 1. The minimum atomic E-state index is 0.0553. The van der Waals surface area contributed by atoms with Crippen molar-refractivity contribution in [2.24, 2.45) is 5.41 Å². The first-order valence-corrected chi connectivity index (χ1v) is 9.80. The lowest BCUT2D eigenvalue weighted by molar-refractivity contribution is -0.129. The Balaban J connectivity index is 1.34. The SMILES string of the molecule is Cc1ccc(C(=O)N2CCC3(CC2)CC(=O)N(C[C@H]2CCCO2)C3)cc1. The minimum absolute atomic E-state index is 0.0553. The number of hydrogen-bond donors (Lipinski definition) is 0. The van der Waals surface area contributed by atoms with Crippen LogP contribution in [-0.4, -0.2) is 60.5 Å². The van der Waals surface area contributed by atoms with Crippen molar-refractivity contribution in [3.63, 3.8) is 0 Å². The molecular formula is C21H28N2O3. The summed E-state index contributed by atoms with van der Waals surface area (Å²) in [4.78, 5) is 29.2. The molecule has 1 spiro atoms. The third-order valence-electron chi connectivity index (χ3n) is 6.26. The molecule has 3 aliphatic heterocycles. The summed E-state index contributed by atoms with van der Waals surface area (Å²) in [5.41, 5.74) is 1.98. The molecule has 3 saturated heterocycles. The van der Waals surface area contributed by atoms with E-state index in [4.69, 9.17) is 4.74 Å². The smallest absolute Gasteiger partial charge is 0.253 e. The van der Waals surface area contributed by atoms with E-state index in [1.54, 1.807) is 0 Å². The van der Waals surface area contributed by atoms with Crippen LogP contribution in [0.15, 0.2) is 24.3 Å². The molecule has 140 valence electrons. The summed E-state index contributed by atoms with van der Waals surface area (Å²) >= 11 is 0. The highest BCUT2D eigenvalue weighted by Crippen LogP contribution is 2.41. The van der Waals surface area contributed by atoms with Crippen LogP contribution in [0.4, 0.5) is 0 Å². The van der Waals surface area contributed by atoms with Crippen molar-refractivity contribution in [1.82, 2.24) is 9.80 Å². The van der Waals surface area contributed by atoms with Gasteiger partial charge in [0.05, 0.1) is 6.10 Å². The van der Waals surface area contributed by atoms with Crippen molar-refractivity contribution >= 4 is 11.8 Å². The number of hydrogen-bond acceptors (Lipinski definition) is 3. The van der Waals surface area contributed by atoms with E-state index in [9.17, 15) is 9.59 Å². The van der Waals surface area contributed by atoms with Gasteiger partial charge in [-0.1, -0.05) is 17.7 Å². The Hall–Kier alpha value is -1.88. The van der Waals surface area contributed by atoms with Crippen molar-refractivity contribution < 1.29 is 14.3 Å². The fourth-order valence-electron chi connectivity index (χ4n) is 4.58. The summed E-state index contributed by atoms with van der Waals surface area (Å²) in [6, 6.07) is 7.78. The third-order valence-corrected chi connectivity index (χ3v) is 6.26. The van der Waals surface area contributed by atoms with Gasteiger partial charge in [-0.2, -0.15) is 0 Å². The van der Waals surface area contributed by atoms with E-state index in [1.807, 2.05) is 41.0 Å². The number of rotatable bonds is 3. The predicted octanol–water partition coefficient (Wildman–Crippen LogP) is 2.63. The lowest BCUT2D eigenvalue weighted by Crippen LogP contribution is -2.44. The van der Waals surface area contributed by atoms with Crippen LogP contribution in [0.3, 0.4) is 0 Å². The van der Waals surface area contributed by atoms with Gasteiger partial charge in [0.2, 0.25) is 5.91 Å². The molecule has 0 N–H and O–H groups in total. The lowest BCUT2D eigenvalue weighted by atomic mass is 9.77. The summed E-state index contributed by atoms with van der Waals surface area (Å²) < 4.78 is 5.70. The van der Waals surface area contributed by atoms with Crippen LogP contribution in [0.2, 0.25) is 0 Å². The molecule has 2 amide bonds. The monoisotopic (exact) mass is 356 g/mol. The van der Waals surface area contributed by atoms with E-state index in [0.29, 0.717) is 6.42 Å². The zero-order valence-corrected chi connectivity index (χ0v) is 15.6. The Morgan fingerprint density at radius 3 is 2.62 bits per heavy atom. The van der Waals surface area contributed by atoms with E-state index in [-0.39, 0.29) is 23.3 Å². The third kappa shape index (κ3) is 3.50. The first-order chi connectivity index (χ1) is 12.5. The highest BCUT2D eigenvalue weighted by atomic mass is 16.5. The largest absolute Gasteiger partial charge is 0.376 e. The van der Waals surface area contributed by atoms with Gasteiger partial charge in [-0.25, -0.2) is 0 Å². The van der Waals surface area contributed by atoms with E-state index in [1.165, 1.54) is 0 Å². The van der Waals surface area contributed by atoms with Crippen molar-refractivity contribution in [2.45, 2.75) is 45.1 Å². The van der Waals surface area contributed by atoms with Crippen molar-refractivity contribution in [3.05, 3.63) is 35.4 Å². The van der Waals surface area contributed by atoms with Crippen molar-refractivity contribution in [2.75, 3.05) is 32.8 Å². The molecule has 0 aliphatic carbocycles. The van der Waals surface area contributed by atoms with Crippen LogP contribution in [0.5, 0.6) is 0 Å². The Bertz CT molecular complexity index is 671. The molecule has 3 fully saturated rings. The fourth-order valence-corrected chi connectivity index (χ4v) is 4.58. The average molecular weight is 356 g/mol. The number of piperidine rings is 1. The highest BCUT2D eigenvalue weighted by Gasteiger charge is 2.46. The number of nitrogens with zero attached hydrogens (tertiary/aromatic N) is 2. The van der Waals surface area contributed by atoms with Gasteiger partial charge in [0.1, 0.15) is 0 Å². The summed E-state index contributed by atoms with van der Waals surface area (Å²) in [5.74, 6) is 0.374. The van der Waals surface area contributed by atoms with Gasteiger partial charge in [0.25, 0.3) is 5.91 Å². The number of carbonyl (C=O) groups excluding carboxylic acids is 2. The van der Waals surface area contributed by atoms with Gasteiger partial charge in [0.15, 0.2) is 0 Å². The molecule has 1 atom stereocenters. The van der Waals surface area contributed by atoms with Crippen molar-refractivity contribution in [1.29, 1.82) is 0 Å². The first kappa shape index (κ1) is 17.5. The van der Waals surface area contributed by atoms with Gasteiger partial charge in [-0.15, -0.1) is 0 Å². The quantitative estimate of drug-likeness (QED) is 0.837. The Labute approximate surface area is 155 Å². The second-order valence-corrected chi connectivity index (χ2v) is 8.24. The van der Waals surface area contributed by atoms with Crippen molar-refractivity contribution in [3.8, 4) is 0 Å². The fraction of sp³-hybridized carbons (Fsp3) is 0.619. The summed E-state index contributed by atoms with van der Waals surface area (Å²) in [7, 11) is 0. The molecule has 1 aromatic rings. The molecule has 0 unspecified atom stereocenters. The number of carbonyl (C=O) groups is 2. The second kappa shape index (κ2) is 7.03. The normalized spacial score (nSPS) is 25.3. The molecular weight excluding hydrogens is 328 g/mol. The molecule has 4 rings (SSSR count). The Morgan fingerprint density at radius 2 is 1.96 bits per heavy atom. The molecule has 3 aliphatic rings. The van der Waals surface area contributed by atoms with Crippen LogP contribution in [0.1, 0.15) is 48.0 Å². The van der Waals surface area contributed by atoms with Crippen LogP contribution < -0.4 is 0 Å². The summed E-state index contributed by atoms with van der Waals surface area (Å²) in [5, 5.41) is 0. The maximum Gasteiger partial charge on any atom is 0.253 e. The Morgan fingerprint density at radius 1 is 1.23 bits per heavy atom. The molecule has 0 bridgehead atoms. The van der Waals surface area contributed by atoms with Crippen LogP contribution in [0, 0.1) is 12.3 Å². The molecule has 0 saturated carbocycles. The zero-order valence-electron chi connectivity index (χ0n) is 15.6. The predicted molar refractivity (Wildman–Crippen MR) is 98.9 cm³/mol. The zero-order chi connectivity index (χ0) is 18.1. The second-order valence-electron chi connectivity index (χ2n) is 8.24. The molecule has 3 heterocycles. The molecule has 0 aromatic heterocycles. The van der Waals surface area contributed by atoms with Crippen LogP contribution in [-0.2, 0) is 9.53 Å². The van der Waals surface area contributed by atoms with Gasteiger partial charge < -0.3 is 14.5 Å². The Kier molecular flexibility index (Phi) is 4.74. The number of benzene rings is 1. The molecule has 5 nitrogen and oxygen atoms in total. The topological polar surface area (TPSA) is 49.9 Å². The van der Waals surface area contributed by atoms with Gasteiger partial charge in [-0.05, 0) is 44.7 Å². The highest BCUT2D eigenvalue weighted by molar-refractivity contribution is 5.94. The van der Waals surface area contributed by atoms with E-state index >= 15 is 0 Å². The molecule has 0 radical (unpaired) electrons. The summed E-state index contributed by atoms with van der Waals surface area (Å²) in [6.07, 6.45) is 4.85. The maximum atomic E-state index is 12.7. The first-order valence-electron chi connectivity index (χ1n) is 9.80. The number of amides is 2. The van der Waals surface area contributed by atoms with E-state index < -0.39 is 0 Å². The van der Waals surface area contributed by atoms with Gasteiger partial charge in [0, 0.05) is 50.2 Å². The van der Waals surface area contributed by atoms with Crippen LogP contribution in [0.25, 0.3) is 0 Å². The van der Waals surface area contributed by atoms with E-state index in [2.05, 4.69) is 0 Å². The lowest BCUT2D eigenvalue weighted by Gasteiger charge is -2.39. The number of likely N-dealkylation sites (tertiary alicyclic amines) is 2. The minimum Gasteiger partial charge on any atom is -0.376 e. The maximum absolute atomic E-state index is 12.7. The molecule has 1 aromatic carbocycles. The molecule has 5 heteroatoms. The standard InChI is InChI=1S/C21H28N2O3/c1-16-4-6-17(7-5-16)20(25)22-10-8-21(9-11-22)13-19(24)23(15-21)14-18-3-2-12-26-18/h4-7,18H,2-3,8-15H2,1H3/t18-/m1/s1. The molecule has 26 heavy (non-hydrogen) atoms. The van der Waals surface area contributed by atoms with Gasteiger partial charge in [-0.3, -0.25) is 9.59 Å². The van der Waals surface area contributed by atoms with Gasteiger partial charge >= 0.3 is 0 Å². The average Bonchev–Trinajstić information content (AvgIpc) is 3.25.